The predicted molar refractivity (Wildman–Crippen MR) is 76.3 cm³/mol. The number of nitrogens with zero attached hydrogens (tertiary/aromatic N) is 1. The van der Waals surface area contributed by atoms with Crippen LogP contribution in [0, 0.1) is 5.92 Å². The highest BCUT2D eigenvalue weighted by molar-refractivity contribution is 5.99. The molecule has 22 heavy (non-hydrogen) atoms. The van der Waals surface area contributed by atoms with E-state index >= 15 is 0 Å². The maximum atomic E-state index is 13.2. The van der Waals surface area contributed by atoms with Crippen LogP contribution >= 0.6 is 0 Å². The van der Waals surface area contributed by atoms with Crippen LogP contribution in [0.3, 0.4) is 0 Å². The van der Waals surface area contributed by atoms with E-state index in [2.05, 4.69) is 17.1 Å². The van der Waals surface area contributed by atoms with Crippen LogP contribution in [-0.4, -0.2) is 23.9 Å². The van der Waals surface area contributed by atoms with E-state index in [9.17, 15) is 18.0 Å². The molecule has 1 amide bonds. The minimum atomic E-state index is -4.43. The molecule has 3 rings (SSSR count). The molecule has 1 atom stereocenters. The van der Waals surface area contributed by atoms with Crippen molar-refractivity contribution >= 4 is 5.91 Å². The van der Waals surface area contributed by atoms with Crippen LogP contribution in [0.25, 0.3) is 0 Å². The van der Waals surface area contributed by atoms with E-state index in [1.165, 1.54) is 6.07 Å². The Morgan fingerprint density at radius 1 is 1.36 bits per heavy atom. The fraction of sp³-hybridized carbons (Fsp3) is 0.562. The Kier molecular flexibility index (Phi) is 3.89. The van der Waals surface area contributed by atoms with Gasteiger partial charge in [0.15, 0.2) is 0 Å². The highest BCUT2D eigenvalue weighted by atomic mass is 19.4. The summed E-state index contributed by atoms with van der Waals surface area (Å²) in [5.41, 5.74) is 0.142. The van der Waals surface area contributed by atoms with Crippen molar-refractivity contribution in [2.45, 2.75) is 39.0 Å². The van der Waals surface area contributed by atoms with Gasteiger partial charge in [-0.1, -0.05) is 6.92 Å². The zero-order chi connectivity index (χ0) is 15.9. The maximum Gasteiger partial charge on any atom is 0.416 e. The highest BCUT2D eigenvalue weighted by Crippen LogP contribution is 2.36. The molecule has 2 aliphatic heterocycles. The number of likely N-dealkylation sites (tertiary alicyclic amines) is 1. The standard InChI is InChI=1S/C16H19F3N2O/c1-10-3-2-4-21(8-10)9-11-5-12-13(7-20-15(12)22)14(6-11)16(17,18)19/h5-6,10H,2-4,7-9H2,1H3,(H,20,22). The first-order valence-corrected chi connectivity index (χ1v) is 7.58. The molecule has 2 aliphatic rings. The van der Waals surface area contributed by atoms with E-state index in [1.54, 1.807) is 6.07 Å². The monoisotopic (exact) mass is 312 g/mol. The minimum Gasteiger partial charge on any atom is -0.348 e. The molecule has 0 aromatic heterocycles. The van der Waals surface area contributed by atoms with Crippen molar-refractivity contribution in [3.63, 3.8) is 0 Å². The number of carbonyl (C=O) groups excluding carboxylic acids is 1. The Balaban J connectivity index is 1.92. The van der Waals surface area contributed by atoms with Gasteiger partial charge >= 0.3 is 6.18 Å². The first-order valence-electron chi connectivity index (χ1n) is 7.58. The van der Waals surface area contributed by atoms with E-state index in [0.717, 1.165) is 25.9 Å². The van der Waals surface area contributed by atoms with E-state index in [1.807, 2.05) is 0 Å². The maximum absolute atomic E-state index is 13.2. The summed E-state index contributed by atoms with van der Waals surface area (Å²) in [6.07, 6.45) is -2.20. The van der Waals surface area contributed by atoms with Crippen LogP contribution < -0.4 is 5.32 Å². The number of piperidine rings is 1. The van der Waals surface area contributed by atoms with Gasteiger partial charge in [0.05, 0.1) is 5.56 Å². The summed E-state index contributed by atoms with van der Waals surface area (Å²) in [5, 5.41) is 2.48. The number of alkyl halides is 3. The average Bonchev–Trinajstić information content (AvgIpc) is 2.79. The SMILES string of the molecule is CC1CCCN(Cc2cc3c(c(C(F)(F)F)c2)CNC3=O)C1. The zero-order valence-electron chi connectivity index (χ0n) is 12.5. The number of carbonyl (C=O) groups is 1. The first kappa shape index (κ1) is 15.3. The minimum absolute atomic E-state index is 0.0377. The quantitative estimate of drug-likeness (QED) is 0.909. The third kappa shape index (κ3) is 2.97. The predicted octanol–water partition coefficient (Wildman–Crippen LogP) is 3.18. The van der Waals surface area contributed by atoms with Crippen LogP contribution in [0.5, 0.6) is 0 Å². The van der Waals surface area contributed by atoms with Crippen molar-refractivity contribution in [1.29, 1.82) is 0 Å². The van der Waals surface area contributed by atoms with Gasteiger partial charge in [0, 0.05) is 25.2 Å². The molecule has 6 heteroatoms. The fourth-order valence-electron chi connectivity index (χ4n) is 3.42. The van der Waals surface area contributed by atoms with Crippen molar-refractivity contribution < 1.29 is 18.0 Å². The lowest BCUT2D eigenvalue weighted by atomic mass is 9.96. The Labute approximate surface area is 127 Å². The molecule has 1 N–H and O–H groups in total. The number of hydrogen-bond donors (Lipinski definition) is 1. The number of fused-ring (bicyclic) bond motifs is 1. The van der Waals surface area contributed by atoms with E-state index in [-0.39, 0.29) is 17.7 Å². The van der Waals surface area contributed by atoms with Gasteiger partial charge in [0.25, 0.3) is 5.91 Å². The summed E-state index contributed by atoms with van der Waals surface area (Å²) < 4.78 is 39.7. The summed E-state index contributed by atoms with van der Waals surface area (Å²) >= 11 is 0. The van der Waals surface area contributed by atoms with E-state index < -0.39 is 17.6 Å². The molecule has 1 unspecified atom stereocenters. The fourth-order valence-corrected chi connectivity index (χ4v) is 3.42. The molecule has 120 valence electrons. The Morgan fingerprint density at radius 3 is 2.82 bits per heavy atom. The lowest BCUT2D eigenvalue weighted by Crippen LogP contribution is -2.33. The van der Waals surface area contributed by atoms with Crippen molar-refractivity contribution in [2.24, 2.45) is 5.92 Å². The number of nitrogens with one attached hydrogen (secondary N) is 1. The Bertz CT molecular complexity index is 598. The number of halogens is 3. The molecule has 3 nitrogen and oxygen atoms in total. The van der Waals surface area contributed by atoms with Gasteiger partial charge in [-0.25, -0.2) is 0 Å². The van der Waals surface area contributed by atoms with E-state index in [4.69, 9.17) is 0 Å². The molecule has 0 saturated carbocycles. The molecular formula is C16H19F3N2O. The normalized spacial score (nSPS) is 22.5. The zero-order valence-corrected chi connectivity index (χ0v) is 12.5. The smallest absolute Gasteiger partial charge is 0.348 e. The summed E-state index contributed by atoms with van der Waals surface area (Å²) in [5.74, 6) is 0.155. The summed E-state index contributed by atoms with van der Waals surface area (Å²) in [6, 6.07) is 2.82. The van der Waals surface area contributed by atoms with Crippen LogP contribution in [0.2, 0.25) is 0 Å². The summed E-state index contributed by atoms with van der Waals surface area (Å²) in [6.45, 7) is 4.38. The average molecular weight is 312 g/mol. The molecule has 0 bridgehead atoms. The van der Waals surface area contributed by atoms with Gasteiger partial charge < -0.3 is 5.32 Å². The van der Waals surface area contributed by atoms with Crippen molar-refractivity contribution in [2.75, 3.05) is 13.1 Å². The molecule has 2 heterocycles. The van der Waals surface area contributed by atoms with Gasteiger partial charge in [-0.05, 0) is 48.6 Å². The largest absolute Gasteiger partial charge is 0.416 e. The van der Waals surface area contributed by atoms with Crippen molar-refractivity contribution in [1.82, 2.24) is 10.2 Å². The second-order valence-electron chi connectivity index (χ2n) is 6.33. The van der Waals surface area contributed by atoms with Crippen LogP contribution in [0.4, 0.5) is 13.2 Å². The van der Waals surface area contributed by atoms with Gasteiger partial charge in [-0.2, -0.15) is 13.2 Å². The first-order chi connectivity index (χ1) is 10.3. The number of hydrogen-bond acceptors (Lipinski definition) is 2. The topological polar surface area (TPSA) is 32.3 Å². The molecule has 1 aromatic rings. The van der Waals surface area contributed by atoms with Gasteiger partial charge in [-0.3, -0.25) is 9.69 Å². The van der Waals surface area contributed by atoms with Crippen molar-refractivity contribution in [3.05, 3.63) is 34.4 Å². The van der Waals surface area contributed by atoms with Gasteiger partial charge in [0.1, 0.15) is 0 Å². The molecule has 1 aromatic carbocycles. The van der Waals surface area contributed by atoms with Crippen LogP contribution in [0.1, 0.15) is 46.8 Å². The van der Waals surface area contributed by atoms with Crippen molar-refractivity contribution in [3.8, 4) is 0 Å². The van der Waals surface area contributed by atoms with Crippen LogP contribution in [0.15, 0.2) is 12.1 Å². The lowest BCUT2D eigenvalue weighted by molar-refractivity contribution is -0.138. The summed E-state index contributed by atoms with van der Waals surface area (Å²) in [4.78, 5) is 13.9. The lowest BCUT2D eigenvalue weighted by Gasteiger charge is -2.31. The highest BCUT2D eigenvalue weighted by Gasteiger charge is 2.37. The number of rotatable bonds is 2. The second kappa shape index (κ2) is 5.57. The van der Waals surface area contributed by atoms with E-state index in [0.29, 0.717) is 18.0 Å². The van der Waals surface area contributed by atoms with Gasteiger partial charge in [0.2, 0.25) is 0 Å². The molecule has 0 radical (unpaired) electrons. The molecule has 0 spiro atoms. The van der Waals surface area contributed by atoms with Gasteiger partial charge in [-0.15, -0.1) is 0 Å². The molecule has 0 aliphatic carbocycles. The second-order valence-corrected chi connectivity index (χ2v) is 6.33. The molecule has 1 saturated heterocycles. The number of benzene rings is 1. The summed E-state index contributed by atoms with van der Waals surface area (Å²) in [7, 11) is 0. The Morgan fingerprint density at radius 2 is 2.14 bits per heavy atom. The molecule has 1 fully saturated rings. The number of amides is 1. The third-order valence-corrected chi connectivity index (χ3v) is 4.43. The Hall–Kier alpha value is -1.56. The third-order valence-electron chi connectivity index (χ3n) is 4.43. The molecular weight excluding hydrogens is 293 g/mol. The van der Waals surface area contributed by atoms with Crippen LogP contribution in [-0.2, 0) is 19.3 Å².